The number of nitrogens with zero attached hydrogens (tertiary/aromatic N) is 3. The maximum absolute atomic E-state index is 12.1. The lowest BCUT2D eigenvalue weighted by atomic mass is 10.2. The van der Waals surface area contributed by atoms with Gasteiger partial charge in [-0.3, -0.25) is 9.58 Å². The van der Waals surface area contributed by atoms with Crippen LogP contribution in [0.4, 0.5) is 4.79 Å². The third-order valence-corrected chi connectivity index (χ3v) is 3.23. The molecule has 0 bridgehead atoms. The van der Waals surface area contributed by atoms with E-state index < -0.39 is 5.60 Å². The van der Waals surface area contributed by atoms with Crippen LogP contribution < -0.4 is 5.73 Å². The third-order valence-electron chi connectivity index (χ3n) is 3.23. The van der Waals surface area contributed by atoms with Crippen molar-refractivity contribution in [1.82, 2.24) is 14.7 Å². The van der Waals surface area contributed by atoms with Gasteiger partial charge in [0.1, 0.15) is 5.60 Å². The molecule has 2 rings (SSSR count). The highest BCUT2D eigenvalue weighted by Crippen LogP contribution is 2.28. The van der Waals surface area contributed by atoms with Gasteiger partial charge in [-0.05, 0) is 34.6 Å². The van der Waals surface area contributed by atoms with Gasteiger partial charge in [0.05, 0.1) is 24.5 Å². The minimum atomic E-state index is -0.481. The van der Waals surface area contributed by atoms with Crippen LogP contribution in [0.3, 0.4) is 0 Å². The summed E-state index contributed by atoms with van der Waals surface area (Å²) in [4.78, 5) is 13.8. The largest absolute Gasteiger partial charge is 0.444 e. The quantitative estimate of drug-likeness (QED) is 0.901. The molecule has 0 aromatic carbocycles. The van der Waals surface area contributed by atoms with Gasteiger partial charge >= 0.3 is 6.09 Å². The summed E-state index contributed by atoms with van der Waals surface area (Å²) in [6, 6.07) is 0.272. The summed E-state index contributed by atoms with van der Waals surface area (Å²) in [6.45, 7) is 11.2. The van der Waals surface area contributed by atoms with Gasteiger partial charge in [-0.2, -0.15) is 5.10 Å². The van der Waals surface area contributed by atoms with Gasteiger partial charge in [0, 0.05) is 18.2 Å². The Labute approximate surface area is 119 Å². The SMILES string of the molecule is CC(C)n1nc2c(c1CN)CN(C(=O)OC(C)(C)C)C2. The number of hydrogen-bond acceptors (Lipinski definition) is 4. The minimum absolute atomic E-state index is 0.272. The van der Waals surface area contributed by atoms with E-state index in [-0.39, 0.29) is 12.1 Å². The molecular weight excluding hydrogens is 256 g/mol. The van der Waals surface area contributed by atoms with E-state index in [1.165, 1.54) is 0 Å². The van der Waals surface area contributed by atoms with Gasteiger partial charge in [-0.1, -0.05) is 0 Å². The zero-order chi connectivity index (χ0) is 15.1. The van der Waals surface area contributed by atoms with Crippen LogP contribution in [0, 0.1) is 0 Å². The molecule has 0 unspecified atom stereocenters. The van der Waals surface area contributed by atoms with Crippen LogP contribution in [0.1, 0.15) is 57.6 Å². The highest BCUT2D eigenvalue weighted by atomic mass is 16.6. The van der Waals surface area contributed by atoms with E-state index in [2.05, 4.69) is 18.9 Å². The van der Waals surface area contributed by atoms with Crippen molar-refractivity contribution in [3.63, 3.8) is 0 Å². The second-order valence-electron chi connectivity index (χ2n) is 6.45. The summed E-state index contributed by atoms with van der Waals surface area (Å²) in [6.07, 6.45) is -0.297. The van der Waals surface area contributed by atoms with E-state index in [0.717, 1.165) is 17.0 Å². The van der Waals surface area contributed by atoms with Crippen LogP contribution in [0.2, 0.25) is 0 Å². The first kappa shape index (κ1) is 14.8. The standard InChI is InChI=1S/C14H24N4O2/c1-9(2)18-12(6-15)10-7-17(8-11(10)16-18)13(19)20-14(3,4)5/h9H,6-8,15H2,1-5H3. The molecule has 1 aliphatic heterocycles. The number of aromatic nitrogens is 2. The number of rotatable bonds is 2. The molecular formula is C14H24N4O2. The van der Waals surface area contributed by atoms with E-state index in [0.29, 0.717) is 19.6 Å². The number of ether oxygens (including phenoxy) is 1. The molecule has 0 saturated heterocycles. The Morgan fingerprint density at radius 3 is 2.55 bits per heavy atom. The van der Waals surface area contributed by atoms with Crippen molar-refractivity contribution >= 4 is 6.09 Å². The molecule has 1 amide bonds. The fraction of sp³-hybridized carbons (Fsp3) is 0.714. The summed E-state index contributed by atoms with van der Waals surface area (Å²) in [7, 11) is 0. The normalized spacial score (nSPS) is 14.8. The van der Waals surface area contributed by atoms with Crippen molar-refractivity contribution in [1.29, 1.82) is 0 Å². The van der Waals surface area contributed by atoms with E-state index in [1.807, 2.05) is 25.5 Å². The van der Waals surface area contributed by atoms with Gasteiger partial charge in [-0.25, -0.2) is 4.79 Å². The lowest BCUT2D eigenvalue weighted by Gasteiger charge is -2.24. The minimum Gasteiger partial charge on any atom is -0.444 e. The summed E-state index contributed by atoms with van der Waals surface area (Å²) >= 11 is 0. The zero-order valence-electron chi connectivity index (χ0n) is 12.9. The molecule has 1 aliphatic rings. The predicted octanol–water partition coefficient (Wildman–Crippen LogP) is 2.17. The molecule has 0 radical (unpaired) electrons. The Morgan fingerprint density at radius 2 is 2.05 bits per heavy atom. The smallest absolute Gasteiger partial charge is 0.410 e. The number of carbonyl (C=O) groups excluding carboxylic acids is 1. The molecule has 0 fully saturated rings. The third kappa shape index (κ3) is 2.80. The second kappa shape index (κ2) is 5.09. The van der Waals surface area contributed by atoms with Gasteiger partial charge in [0.2, 0.25) is 0 Å². The Morgan fingerprint density at radius 1 is 1.40 bits per heavy atom. The predicted molar refractivity (Wildman–Crippen MR) is 76.0 cm³/mol. The first-order valence-corrected chi connectivity index (χ1v) is 7.00. The van der Waals surface area contributed by atoms with E-state index in [4.69, 9.17) is 10.5 Å². The van der Waals surface area contributed by atoms with Crippen LogP contribution in [0.15, 0.2) is 0 Å². The van der Waals surface area contributed by atoms with Crippen molar-refractivity contribution in [2.24, 2.45) is 5.73 Å². The highest BCUT2D eigenvalue weighted by Gasteiger charge is 2.32. The Kier molecular flexibility index (Phi) is 3.77. The Bertz CT molecular complexity index is 514. The van der Waals surface area contributed by atoms with Crippen LogP contribution in [0.5, 0.6) is 0 Å². The van der Waals surface area contributed by atoms with Gasteiger partial charge in [0.25, 0.3) is 0 Å². The Hall–Kier alpha value is -1.56. The molecule has 2 heterocycles. The Balaban J connectivity index is 2.16. The second-order valence-corrected chi connectivity index (χ2v) is 6.45. The molecule has 20 heavy (non-hydrogen) atoms. The molecule has 0 atom stereocenters. The topological polar surface area (TPSA) is 73.4 Å². The van der Waals surface area contributed by atoms with Crippen LogP contribution in [-0.4, -0.2) is 26.4 Å². The molecule has 0 spiro atoms. The number of hydrogen-bond donors (Lipinski definition) is 1. The fourth-order valence-corrected chi connectivity index (χ4v) is 2.39. The van der Waals surface area contributed by atoms with Crippen LogP contribution in [0.25, 0.3) is 0 Å². The van der Waals surface area contributed by atoms with Crippen molar-refractivity contribution in [2.45, 2.75) is 65.9 Å². The molecule has 6 nitrogen and oxygen atoms in total. The molecule has 0 aliphatic carbocycles. The number of amides is 1. The maximum atomic E-state index is 12.1. The fourth-order valence-electron chi connectivity index (χ4n) is 2.39. The van der Waals surface area contributed by atoms with Crippen molar-refractivity contribution in [2.75, 3.05) is 0 Å². The van der Waals surface area contributed by atoms with E-state index in [9.17, 15) is 4.79 Å². The van der Waals surface area contributed by atoms with E-state index >= 15 is 0 Å². The molecule has 0 saturated carbocycles. The first-order chi connectivity index (χ1) is 9.23. The summed E-state index contributed by atoms with van der Waals surface area (Å²) in [5.41, 5.74) is 8.38. The van der Waals surface area contributed by atoms with Crippen molar-refractivity contribution < 1.29 is 9.53 Å². The summed E-state index contributed by atoms with van der Waals surface area (Å²) in [5.74, 6) is 0. The number of carbonyl (C=O) groups is 1. The number of nitrogens with two attached hydrogens (primary N) is 1. The van der Waals surface area contributed by atoms with E-state index in [1.54, 1.807) is 4.90 Å². The van der Waals surface area contributed by atoms with Gasteiger partial charge in [-0.15, -0.1) is 0 Å². The molecule has 2 N–H and O–H groups in total. The van der Waals surface area contributed by atoms with Crippen LogP contribution >= 0.6 is 0 Å². The first-order valence-electron chi connectivity index (χ1n) is 7.00. The molecule has 1 aromatic heterocycles. The van der Waals surface area contributed by atoms with Gasteiger partial charge < -0.3 is 10.5 Å². The van der Waals surface area contributed by atoms with Crippen molar-refractivity contribution in [3.8, 4) is 0 Å². The monoisotopic (exact) mass is 280 g/mol. The average Bonchev–Trinajstić information content (AvgIpc) is 2.82. The average molecular weight is 280 g/mol. The number of fused-ring (bicyclic) bond motifs is 1. The zero-order valence-corrected chi connectivity index (χ0v) is 12.9. The van der Waals surface area contributed by atoms with Crippen molar-refractivity contribution in [3.05, 3.63) is 17.0 Å². The molecule has 1 aromatic rings. The highest BCUT2D eigenvalue weighted by molar-refractivity contribution is 5.69. The molecule has 112 valence electrons. The lowest BCUT2D eigenvalue weighted by molar-refractivity contribution is 0.0238. The lowest BCUT2D eigenvalue weighted by Crippen LogP contribution is -2.34. The van der Waals surface area contributed by atoms with Gasteiger partial charge in [0.15, 0.2) is 0 Å². The maximum Gasteiger partial charge on any atom is 0.410 e. The summed E-state index contributed by atoms with van der Waals surface area (Å²) < 4.78 is 7.35. The summed E-state index contributed by atoms with van der Waals surface area (Å²) in [5, 5.41) is 4.58. The van der Waals surface area contributed by atoms with Crippen LogP contribution in [-0.2, 0) is 24.4 Å². The molecule has 6 heteroatoms.